The molecule has 148 valence electrons. The molecule has 0 aliphatic heterocycles. The van der Waals surface area contributed by atoms with E-state index in [0.29, 0.717) is 23.2 Å². The van der Waals surface area contributed by atoms with Crippen molar-refractivity contribution in [1.82, 2.24) is 14.7 Å². The second-order valence-electron chi connectivity index (χ2n) is 6.50. The fraction of sp³-hybridized carbons (Fsp3) is 0.300. The molecular weight excluding hydrogens is 374 g/mol. The molecule has 0 spiro atoms. The van der Waals surface area contributed by atoms with E-state index in [1.165, 1.54) is 0 Å². The van der Waals surface area contributed by atoms with Crippen molar-refractivity contribution in [2.75, 3.05) is 24.1 Å². The highest BCUT2D eigenvalue weighted by atomic mass is 32.2. The Morgan fingerprint density at radius 1 is 0.821 bits per heavy atom. The first-order valence-corrected chi connectivity index (χ1v) is 10.9. The van der Waals surface area contributed by atoms with Gasteiger partial charge in [0.2, 0.25) is 16.0 Å². The van der Waals surface area contributed by atoms with Gasteiger partial charge in [-0.05, 0) is 37.1 Å². The first-order valence-electron chi connectivity index (χ1n) is 9.37. The minimum Gasteiger partial charge on any atom is -0.383 e. The van der Waals surface area contributed by atoms with Crippen LogP contribution in [0, 0.1) is 0 Å². The summed E-state index contributed by atoms with van der Waals surface area (Å²) in [6.45, 7) is 1.18. The van der Waals surface area contributed by atoms with E-state index in [0.717, 1.165) is 43.1 Å². The predicted molar refractivity (Wildman–Crippen MR) is 113 cm³/mol. The van der Waals surface area contributed by atoms with E-state index < -0.39 is 10.0 Å². The van der Waals surface area contributed by atoms with Crippen molar-refractivity contribution in [3.05, 3.63) is 54.6 Å². The lowest BCUT2D eigenvalue weighted by atomic mass is 10.2. The SMILES string of the molecule is Nc1nc(NCCCCCCNS(=O)(=O)c2ccccc2)nc2ccccc12. The Morgan fingerprint density at radius 2 is 1.50 bits per heavy atom. The van der Waals surface area contributed by atoms with Gasteiger partial charge in [-0.2, -0.15) is 4.98 Å². The van der Waals surface area contributed by atoms with Crippen LogP contribution in [0.25, 0.3) is 10.9 Å². The summed E-state index contributed by atoms with van der Waals surface area (Å²) >= 11 is 0. The van der Waals surface area contributed by atoms with Gasteiger partial charge >= 0.3 is 0 Å². The van der Waals surface area contributed by atoms with Gasteiger partial charge in [-0.25, -0.2) is 18.1 Å². The maximum atomic E-state index is 12.1. The number of nitrogens with zero attached hydrogens (tertiary/aromatic N) is 2. The smallest absolute Gasteiger partial charge is 0.240 e. The third kappa shape index (κ3) is 5.40. The van der Waals surface area contributed by atoms with Crippen LogP contribution in [-0.4, -0.2) is 31.5 Å². The highest BCUT2D eigenvalue weighted by Gasteiger charge is 2.11. The molecule has 0 fully saturated rings. The summed E-state index contributed by atoms with van der Waals surface area (Å²) in [5.41, 5.74) is 6.79. The number of rotatable bonds is 10. The number of benzene rings is 2. The molecule has 0 saturated carbocycles. The van der Waals surface area contributed by atoms with Crippen molar-refractivity contribution in [3.8, 4) is 0 Å². The second-order valence-corrected chi connectivity index (χ2v) is 8.27. The molecule has 0 unspecified atom stereocenters. The molecule has 8 heteroatoms. The van der Waals surface area contributed by atoms with Crippen LogP contribution in [0.2, 0.25) is 0 Å². The van der Waals surface area contributed by atoms with Crippen LogP contribution in [-0.2, 0) is 10.0 Å². The van der Waals surface area contributed by atoms with Crippen LogP contribution in [0.5, 0.6) is 0 Å². The van der Waals surface area contributed by atoms with Gasteiger partial charge in [0.25, 0.3) is 0 Å². The normalized spacial score (nSPS) is 11.6. The van der Waals surface area contributed by atoms with Gasteiger partial charge in [0.1, 0.15) is 5.82 Å². The molecule has 0 saturated heterocycles. The molecule has 3 rings (SSSR count). The zero-order valence-electron chi connectivity index (χ0n) is 15.6. The Labute approximate surface area is 165 Å². The lowest BCUT2D eigenvalue weighted by Crippen LogP contribution is -2.24. The standard InChI is InChI=1S/C20H25N5O2S/c21-19-17-12-6-7-13-18(17)24-20(25-19)22-14-8-1-2-9-15-23-28(26,27)16-10-4-3-5-11-16/h3-7,10-13,23H,1-2,8-9,14-15H2,(H3,21,22,24,25). The molecule has 7 nitrogen and oxygen atoms in total. The van der Waals surface area contributed by atoms with Gasteiger partial charge in [0.05, 0.1) is 10.4 Å². The predicted octanol–water partition coefficient (Wildman–Crippen LogP) is 3.16. The number of unbranched alkanes of at least 4 members (excludes halogenated alkanes) is 3. The van der Waals surface area contributed by atoms with E-state index in [1.807, 2.05) is 24.3 Å². The van der Waals surface area contributed by atoms with Gasteiger partial charge in [0, 0.05) is 18.5 Å². The molecule has 0 atom stereocenters. The number of fused-ring (bicyclic) bond motifs is 1. The van der Waals surface area contributed by atoms with Crippen LogP contribution in [0.3, 0.4) is 0 Å². The van der Waals surface area contributed by atoms with Crippen molar-refractivity contribution >= 4 is 32.7 Å². The van der Waals surface area contributed by atoms with Crippen LogP contribution < -0.4 is 15.8 Å². The van der Waals surface area contributed by atoms with Crippen molar-refractivity contribution in [2.24, 2.45) is 0 Å². The van der Waals surface area contributed by atoms with E-state index in [1.54, 1.807) is 30.3 Å². The van der Waals surface area contributed by atoms with Crippen LogP contribution in [0.4, 0.5) is 11.8 Å². The monoisotopic (exact) mass is 399 g/mol. The van der Waals surface area contributed by atoms with E-state index in [-0.39, 0.29) is 0 Å². The Balaban J connectivity index is 1.33. The Bertz CT molecular complexity index is 1010. The number of nitrogen functional groups attached to an aromatic ring is 1. The molecule has 0 radical (unpaired) electrons. The van der Waals surface area contributed by atoms with Crippen molar-refractivity contribution in [1.29, 1.82) is 0 Å². The van der Waals surface area contributed by atoms with Gasteiger partial charge in [-0.1, -0.05) is 43.2 Å². The number of hydrogen-bond acceptors (Lipinski definition) is 6. The van der Waals surface area contributed by atoms with Crippen LogP contribution in [0.15, 0.2) is 59.5 Å². The lowest BCUT2D eigenvalue weighted by Gasteiger charge is -2.08. The number of nitrogens with one attached hydrogen (secondary N) is 2. The second kappa shape index (κ2) is 9.48. The maximum Gasteiger partial charge on any atom is 0.240 e. The molecule has 1 heterocycles. The molecule has 2 aromatic carbocycles. The summed E-state index contributed by atoms with van der Waals surface area (Å²) in [5, 5.41) is 4.05. The number of hydrogen-bond donors (Lipinski definition) is 3. The summed E-state index contributed by atoms with van der Waals surface area (Å²) in [6.07, 6.45) is 3.68. The Kier molecular flexibility index (Phi) is 6.78. The van der Waals surface area contributed by atoms with Crippen molar-refractivity contribution in [3.63, 3.8) is 0 Å². The summed E-state index contributed by atoms with van der Waals surface area (Å²) < 4.78 is 26.8. The summed E-state index contributed by atoms with van der Waals surface area (Å²) in [4.78, 5) is 9.04. The third-order valence-electron chi connectivity index (χ3n) is 4.36. The van der Waals surface area contributed by atoms with E-state index in [2.05, 4.69) is 20.0 Å². The van der Waals surface area contributed by atoms with E-state index >= 15 is 0 Å². The molecule has 3 aromatic rings. The quantitative estimate of drug-likeness (QED) is 0.452. The number of sulfonamides is 1. The maximum absolute atomic E-state index is 12.1. The summed E-state index contributed by atoms with van der Waals surface area (Å²) in [7, 11) is -3.41. The largest absolute Gasteiger partial charge is 0.383 e. The Morgan fingerprint density at radius 3 is 2.29 bits per heavy atom. The first kappa shape index (κ1) is 20.0. The highest BCUT2D eigenvalue weighted by molar-refractivity contribution is 7.89. The first-order chi connectivity index (χ1) is 13.6. The number of para-hydroxylation sites is 1. The molecule has 0 amide bonds. The number of aromatic nitrogens is 2. The minimum absolute atomic E-state index is 0.300. The molecule has 4 N–H and O–H groups in total. The number of anilines is 2. The fourth-order valence-electron chi connectivity index (χ4n) is 2.87. The molecule has 28 heavy (non-hydrogen) atoms. The lowest BCUT2D eigenvalue weighted by molar-refractivity contribution is 0.573. The van der Waals surface area contributed by atoms with Gasteiger partial charge < -0.3 is 11.1 Å². The molecule has 0 aliphatic carbocycles. The summed E-state index contributed by atoms with van der Waals surface area (Å²) in [6, 6.07) is 16.1. The third-order valence-corrected chi connectivity index (χ3v) is 5.84. The zero-order valence-corrected chi connectivity index (χ0v) is 16.5. The molecule has 0 aliphatic rings. The van der Waals surface area contributed by atoms with E-state index in [4.69, 9.17) is 5.73 Å². The van der Waals surface area contributed by atoms with Crippen molar-refractivity contribution < 1.29 is 8.42 Å². The van der Waals surface area contributed by atoms with Crippen molar-refractivity contribution in [2.45, 2.75) is 30.6 Å². The highest BCUT2D eigenvalue weighted by Crippen LogP contribution is 2.18. The molecule has 1 aromatic heterocycles. The zero-order chi connectivity index (χ0) is 19.8. The van der Waals surface area contributed by atoms with Gasteiger partial charge in [0.15, 0.2) is 0 Å². The fourth-order valence-corrected chi connectivity index (χ4v) is 3.97. The van der Waals surface area contributed by atoms with E-state index in [9.17, 15) is 8.42 Å². The average Bonchev–Trinajstić information content (AvgIpc) is 2.71. The number of nitrogens with two attached hydrogens (primary N) is 1. The topological polar surface area (TPSA) is 110 Å². The minimum atomic E-state index is -3.41. The average molecular weight is 400 g/mol. The Hall–Kier alpha value is -2.71. The van der Waals surface area contributed by atoms with Gasteiger partial charge in [-0.3, -0.25) is 0 Å². The van der Waals surface area contributed by atoms with Crippen LogP contribution in [0.1, 0.15) is 25.7 Å². The van der Waals surface area contributed by atoms with Crippen LogP contribution >= 0.6 is 0 Å². The molecule has 0 bridgehead atoms. The summed E-state index contributed by atoms with van der Waals surface area (Å²) in [5.74, 6) is 1.01. The molecular formula is C20H25N5O2S. The van der Waals surface area contributed by atoms with Gasteiger partial charge in [-0.15, -0.1) is 0 Å².